The van der Waals surface area contributed by atoms with Crippen LogP contribution < -0.4 is 4.90 Å². The molecule has 0 aliphatic carbocycles. The minimum Gasteiger partial charge on any atom is -0.508 e. The first-order chi connectivity index (χ1) is 10.7. The molecule has 0 unspecified atom stereocenters. The second-order valence-corrected chi connectivity index (χ2v) is 5.12. The van der Waals surface area contributed by atoms with Gasteiger partial charge >= 0.3 is 0 Å². The summed E-state index contributed by atoms with van der Waals surface area (Å²) in [4.78, 5) is 11.0. The van der Waals surface area contributed by atoms with E-state index in [1.807, 2.05) is 37.4 Å². The van der Waals surface area contributed by atoms with Crippen LogP contribution in [0.3, 0.4) is 0 Å². The summed E-state index contributed by atoms with van der Waals surface area (Å²) in [5.74, 6) is 1.06. The quantitative estimate of drug-likeness (QED) is 0.799. The summed E-state index contributed by atoms with van der Waals surface area (Å²) < 4.78 is 0. The lowest BCUT2D eigenvalue weighted by atomic mass is 10.1. The fourth-order valence-electron chi connectivity index (χ4n) is 2.37. The summed E-state index contributed by atoms with van der Waals surface area (Å²) in [6, 6.07) is 17.3. The molecule has 1 heterocycles. The number of phenols is 1. The van der Waals surface area contributed by atoms with Crippen LogP contribution in [0.4, 0.5) is 5.82 Å². The van der Waals surface area contributed by atoms with Gasteiger partial charge in [-0.15, -0.1) is 0 Å². The van der Waals surface area contributed by atoms with Gasteiger partial charge in [-0.3, -0.25) is 4.98 Å². The van der Waals surface area contributed by atoms with Crippen molar-refractivity contribution in [2.45, 2.75) is 6.54 Å². The molecule has 4 heteroatoms. The Balaban J connectivity index is 1.92. The first kappa shape index (κ1) is 14.1. The Hall–Kier alpha value is -2.88. The van der Waals surface area contributed by atoms with Gasteiger partial charge in [0.1, 0.15) is 11.4 Å². The van der Waals surface area contributed by atoms with E-state index >= 15 is 0 Å². The van der Waals surface area contributed by atoms with Crippen molar-refractivity contribution in [3.8, 4) is 17.0 Å². The highest BCUT2D eigenvalue weighted by Crippen LogP contribution is 2.27. The lowest BCUT2D eigenvalue weighted by Crippen LogP contribution is -2.19. The molecule has 0 radical (unpaired) electrons. The molecule has 0 saturated carbocycles. The van der Waals surface area contributed by atoms with Crippen molar-refractivity contribution in [1.29, 1.82) is 0 Å². The Morgan fingerprint density at radius 1 is 0.909 bits per heavy atom. The molecular formula is C18H17N3O. The number of anilines is 1. The van der Waals surface area contributed by atoms with Crippen molar-refractivity contribution in [3.05, 3.63) is 72.6 Å². The number of phenolic OH excluding ortho intramolecular Hbond substituents is 1. The summed E-state index contributed by atoms with van der Waals surface area (Å²) in [6.45, 7) is 0.755. The minimum atomic E-state index is 0.242. The summed E-state index contributed by atoms with van der Waals surface area (Å²) in [6.07, 6.45) is 3.38. The number of hydrogen-bond acceptors (Lipinski definition) is 4. The Bertz CT molecular complexity index is 742. The molecule has 3 aromatic rings. The molecule has 0 spiro atoms. The predicted octanol–water partition coefficient (Wildman–Crippen LogP) is 3.49. The topological polar surface area (TPSA) is 49.2 Å². The molecule has 1 N–H and O–H groups in total. The first-order valence-corrected chi connectivity index (χ1v) is 7.09. The molecule has 2 aromatic carbocycles. The Morgan fingerprint density at radius 3 is 2.32 bits per heavy atom. The van der Waals surface area contributed by atoms with Gasteiger partial charge in [-0.05, 0) is 29.8 Å². The van der Waals surface area contributed by atoms with E-state index in [0.29, 0.717) is 0 Å². The van der Waals surface area contributed by atoms with Gasteiger partial charge in [0.15, 0.2) is 5.82 Å². The lowest BCUT2D eigenvalue weighted by Gasteiger charge is -2.20. The maximum absolute atomic E-state index is 9.43. The van der Waals surface area contributed by atoms with Crippen molar-refractivity contribution in [1.82, 2.24) is 9.97 Å². The van der Waals surface area contributed by atoms with E-state index in [1.54, 1.807) is 24.5 Å². The van der Waals surface area contributed by atoms with Gasteiger partial charge in [-0.25, -0.2) is 4.98 Å². The van der Waals surface area contributed by atoms with E-state index in [-0.39, 0.29) is 5.75 Å². The lowest BCUT2D eigenvalue weighted by molar-refractivity contribution is 0.475. The van der Waals surface area contributed by atoms with E-state index < -0.39 is 0 Å². The molecule has 110 valence electrons. The average molecular weight is 291 g/mol. The molecular weight excluding hydrogens is 274 g/mol. The van der Waals surface area contributed by atoms with Crippen LogP contribution in [0.25, 0.3) is 11.3 Å². The maximum Gasteiger partial charge on any atom is 0.155 e. The number of benzene rings is 2. The fourth-order valence-corrected chi connectivity index (χ4v) is 2.37. The molecule has 0 aliphatic heterocycles. The largest absolute Gasteiger partial charge is 0.508 e. The van der Waals surface area contributed by atoms with Crippen LogP contribution in [0.1, 0.15) is 5.56 Å². The minimum absolute atomic E-state index is 0.242. The van der Waals surface area contributed by atoms with E-state index in [1.165, 1.54) is 5.56 Å². The normalized spacial score (nSPS) is 10.4. The van der Waals surface area contributed by atoms with Crippen LogP contribution in [0.2, 0.25) is 0 Å². The predicted molar refractivity (Wildman–Crippen MR) is 87.7 cm³/mol. The molecule has 0 atom stereocenters. The van der Waals surface area contributed by atoms with Crippen LogP contribution in [0.5, 0.6) is 5.75 Å². The standard InChI is InChI=1S/C18H17N3O/c1-21(13-14-5-3-2-4-6-14)18-17(19-11-12-20-18)15-7-9-16(22)10-8-15/h2-12,22H,13H2,1H3. The molecule has 0 saturated heterocycles. The van der Waals surface area contributed by atoms with Crippen molar-refractivity contribution in [3.63, 3.8) is 0 Å². The average Bonchev–Trinajstić information content (AvgIpc) is 2.56. The molecule has 4 nitrogen and oxygen atoms in total. The highest BCUT2D eigenvalue weighted by atomic mass is 16.3. The zero-order valence-corrected chi connectivity index (χ0v) is 12.3. The molecule has 0 fully saturated rings. The van der Waals surface area contributed by atoms with Crippen LogP contribution in [0, 0.1) is 0 Å². The summed E-state index contributed by atoms with van der Waals surface area (Å²) in [5, 5.41) is 9.43. The number of aromatic nitrogens is 2. The fraction of sp³-hybridized carbons (Fsp3) is 0.111. The van der Waals surface area contributed by atoms with Crippen LogP contribution in [-0.4, -0.2) is 22.1 Å². The Kier molecular flexibility index (Phi) is 4.01. The number of nitrogens with zero attached hydrogens (tertiary/aromatic N) is 3. The van der Waals surface area contributed by atoms with Gasteiger partial charge in [0.05, 0.1) is 0 Å². The summed E-state index contributed by atoms with van der Waals surface area (Å²) in [5.41, 5.74) is 2.95. The van der Waals surface area contributed by atoms with Gasteiger partial charge < -0.3 is 10.0 Å². The van der Waals surface area contributed by atoms with Gasteiger partial charge in [-0.1, -0.05) is 30.3 Å². The van der Waals surface area contributed by atoms with Crippen molar-refractivity contribution < 1.29 is 5.11 Å². The molecule has 22 heavy (non-hydrogen) atoms. The van der Waals surface area contributed by atoms with Crippen molar-refractivity contribution in [2.24, 2.45) is 0 Å². The summed E-state index contributed by atoms with van der Waals surface area (Å²) >= 11 is 0. The van der Waals surface area contributed by atoms with Crippen LogP contribution in [-0.2, 0) is 6.54 Å². The van der Waals surface area contributed by atoms with Crippen molar-refractivity contribution >= 4 is 5.82 Å². The second-order valence-electron chi connectivity index (χ2n) is 5.12. The zero-order valence-electron chi connectivity index (χ0n) is 12.3. The van der Waals surface area contributed by atoms with Gasteiger partial charge in [-0.2, -0.15) is 0 Å². The molecule has 3 rings (SSSR count). The van der Waals surface area contributed by atoms with E-state index in [9.17, 15) is 5.11 Å². The number of rotatable bonds is 4. The van der Waals surface area contributed by atoms with E-state index in [0.717, 1.165) is 23.6 Å². The highest BCUT2D eigenvalue weighted by molar-refractivity contribution is 5.72. The van der Waals surface area contributed by atoms with Gasteiger partial charge in [0.2, 0.25) is 0 Å². The molecule has 1 aromatic heterocycles. The first-order valence-electron chi connectivity index (χ1n) is 7.09. The number of hydrogen-bond donors (Lipinski definition) is 1. The third-order valence-corrected chi connectivity index (χ3v) is 3.44. The second kappa shape index (κ2) is 6.26. The highest BCUT2D eigenvalue weighted by Gasteiger charge is 2.12. The van der Waals surface area contributed by atoms with Crippen LogP contribution >= 0.6 is 0 Å². The smallest absolute Gasteiger partial charge is 0.155 e. The van der Waals surface area contributed by atoms with Crippen LogP contribution in [0.15, 0.2) is 67.0 Å². The Morgan fingerprint density at radius 2 is 1.59 bits per heavy atom. The summed E-state index contributed by atoms with van der Waals surface area (Å²) in [7, 11) is 2.00. The monoisotopic (exact) mass is 291 g/mol. The third kappa shape index (κ3) is 3.06. The molecule has 0 bridgehead atoms. The van der Waals surface area contributed by atoms with Crippen molar-refractivity contribution in [2.75, 3.05) is 11.9 Å². The Labute approximate surface area is 129 Å². The molecule has 0 amide bonds. The van der Waals surface area contributed by atoms with Gasteiger partial charge in [0, 0.05) is 31.5 Å². The molecule has 0 aliphatic rings. The number of aromatic hydroxyl groups is 1. The SMILES string of the molecule is CN(Cc1ccccc1)c1nccnc1-c1ccc(O)cc1. The zero-order chi connectivity index (χ0) is 15.4. The van der Waals surface area contributed by atoms with E-state index in [2.05, 4.69) is 27.0 Å². The van der Waals surface area contributed by atoms with E-state index in [4.69, 9.17) is 0 Å². The van der Waals surface area contributed by atoms with Gasteiger partial charge in [0.25, 0.3) is 0 Å². The third-order valence-electron chi connectivity index (χ3n) is 3.44. The maximum atomic E-state index is 9.43.